The molecule has 0 saturated heterocycles. The Morgan fingerprint density at radius 2 is 0.964 bits per heavy atom. The van der Waals surface area contributed by atoms with Crippen LogP contribution in [0.3, 0.4) is 0 Å². The first-order chi connectivity index (χ1) is 27.6. The highest BCUT2D eigenvalue weighted by molar-refractivity contribution is 6.01. The zero-order valence-electron chi connectivity index (χ0n) is 31.1. The predicted octanol–water partition coefficient (Wildman–Crippen LogP) is 12.5. The van der Waals surface area contributed by atoms with Gasteiger partial charge in [0.15, 0.2) is 17.5 Å². The van der Waals surface area contributed by atoms with E-state index in [0.29, 0.717) is 34.9 Å². The van der Waals surface area contributed by atoms with Crippen LogP contribution in [0.1, 0.15) is 48.8 Å². The van der Waals surface area contributed by atoms with Gasteiger partial charge in [-0.25, -0.2) is 15.0 Å². The smallest absolute Gasteiger partial charge is 0.164 e. The van der Waals surface area contributed by atoms with Crippen molar-refractivity contribution >= 4 is 21.5 Å². The van der Waals surface area contributed by atoms with Crippen molar-refractivity contribution in [3.05, 3.63) is 174 Å². The van der Waals surface area contributed by atoms with E-state index in [-0.39, 0.29) is 5.41 Å². The molecule has 0 radical (unpaired) electrons. The molecule has 56 heavy (non-hydrogen) atoms. The van der Waals surface area contributed by atoms with Crippen LogP contribution in [0.2, 0.25) is 0 Å². The Kier molecular flexibility index (Phi) is 7.71. The highest BCUT2D eigenvalue weighted by Gasteiger charge is 2.58. The second kappa shape index (κ2) is 13.1. The van der Waals surface area contributed by atoms with Gasteiger partial charge in [-0.15, -0.1) is 0 Å². The molecule has 8 aromatic rings. The van der Waals surface area contributed by atoms with Crippen molar-refractivity contribution in [2.75, 3.05) is 0 Å². The number of aromatic nitrogens is 3. The van der Waals surface area contributed by atoms with Crippen molar-refractivity contribution < 1.29 is 0 Å². The minimum Gasteiger partial charge on any atom is -0.208 e. The Labute approximate surface area is 327 Å². The lowest BCUT2D eigenvalue weighted by molar-refractivity contribution is -0.0417. The topological polar surface area (TPSA) is 62.5 Å². The van der Waals surface area contributed by atoms with Gasteiger partial charge >= 0.3 is 0 Å². The molecule has 7 aromatic carbocycles. The van der Waals surface area contributed by atoms with Gasteiger partial charge in [-0.2, -0.15) is 5.26 Å². The van der Waals surface area contributed by atoms with Gasteiger partial charge in [0, 0.05) is 27.5 Å². The average Bonchev–Trinajstić information content (AvgIpc) is 3.26. The van der Waals surface area contributed by atoms with Crippen LogP contribution in [-0.2, 0) is 5.41 Å². The molecule has 0 amide bonds. The number of fused-ring (bicyclic) bond motifs is 2. The van der Waals surface area contributed by atoms with Gasteiger partial charge in [0.2, 0.25) is 0 Å². The van der Waals surface area contributed by atoms with E-state index < -0.39 is 0 Å². The van der Waals surface area contributed by atoms with E-state index in [4.69, 9.17) is 15.0 Å². The van der Waals surface area contributed by atoms with E-state index in [2.05, 4.69) is 115 Å². The second-order valence-corrected chi connectivity index (χ2v) is 16.4. The molecule has 0 aliphatic heterocycles. The van der Waals surface area contributed by atoms with Crippen molar-refractivity contribution in [2.24, 2.45) is 23.7 Å². The SMILES string of the molecule is N#Cc1cccc2c(-c3ccc4cc(C5(c6ccc(-c7nc(-c8ccccc8)nc(-c8ccccc8)n7)cc6)C6CC7CC(C6)CC5C7)ccc4c3)cccc12. The van der Waals surface area contributed by atoms with E-state index >= 15 is 0 Å². The summed E-state index contributed by atoms with van der Waals surface area (Å²) in [5, 5.41) is 14.4. The van der Waals surface area contributed by atoms with Gasteiger partial charge in [-0.1, -0.05) is 146 Å². The Balaban J connectivity index is 1.01. The molecule has 4 bridgehead atoms. The summed E-state index contributed by atoms with van der Waals surface area (Å²) in [6.45, 7) is 0. The van der Waals surface area contributed by atoms with Gasteiger partial charge in [0.05, 0.1) is 11.6 Å². The fourth-order valence-corrected chi connectivity index (χ4v) is 11.2. The summed E-state index contributed by atoms with van der Waals surface area (Å²) in [5.41, 5.74) is 8.86. The maximum Gasteiger partial charge on any atom is 0.164 e. The maximum absolute atomic E-state index is 9.76. The summed E-state index contributed by atoms with van der Waals surface area (Å²) in [4.78, 5) is 15.0. The fourth-order valence-electron chi connectivity index (χ4n) is 11.2. The first-order valence-electron chi connectivity index (χ1n) is 20.1. The summed E-state index contributed by atoms with van der Waals surface area (Å²) in [5.74, 6) is 5.02. The van der Waals surface area contributed by atoms with E-state index in [1.165, 1.54) is 59.6 Å². The highest BCUT2D eigenvalue weighted by atomic mass is 15.0. The molecule has 4 nitrogen and oxygen atoms in total. The molecule has 4 heteroatoms. The summed E-state index contributed by atoms with van der Waals surface area (Å²) >= 11 is 0. The van der Waals surface area contributed by atoms with Crippen molar-refractivity contribution in [2.45, 2.75) is 37.5 Å². The standard InChI is InChI=1S/C52H40N4/c53-32-41-13-7-16-48-46(14-8-15-47(41)48)40-18-17-39-31-43(24-21-38(39)30-40)52(44-26-33-25-34(28-44)29-45(52)27-33)42-22-19-37(20-23-42)51-55-49(35-9-3-1-4-10-35)54-50(56-51)36-11-5-2-6-12-36/h1-24,30-31,33-34,44-45H,25-29H2. The molecular formula is C52H40N4. The van der Waals surface area contributed by atoms with Crippen molar-refractivity contribution in [3.63, 3.8) is 0 Å². The Bertz CT molecular complexity index is 2730. The van der Waals surface area contributed by atoms with E-state index in [1.54, 1.807) is 0 Å². The number of hydrogen-bond acceptors (Lipinski definition) is 4. The molecule has 4 aliphatic carbocycles. The second-order valence-electron chi connectivity index (χ2n) is 16.4. The fraction of sp³-hybridized carbons (Fsp3) is 0.192. The molecule has 1 aromatic heterocycles. The third kappa shape index (κ3) is 5.29. The number of nitriles is 1. The first kappa shape index (κ1) is 32.9. The molecule has 4 fully saturated rings. The minimum absolute atomic E-state index is 0.0361. The van der Waals surface area contributed by atoms with Crippen molar-refractivity contribution in [3.8, 4) is 51.4 Å². The van der Waals surface area contributed by atoms with E-state index in [0.717, 1.165) is 44.9 Å². The van der Waals surface area contributed by atoms with Crippen LogP contribution >= 0.6 is 0 Å². The lowest BCUT2D eigenvalue weighted by Gasteiger charge is -2.62. The number of rotatable bonds is 6. The molecule has 0 unspecified atom stereocenters. The molecule has 12 rings (SSSR count). The normalized spacial score (nSPS) is 22.3. The largest absolute Gasteiger partial charge is 0.208 e. The molecule has 1 heterocycles. The van der Waals surface area contributed by atoms with Crippen LogP contribution in [0.15, 0.2) is 158 Å². The lowest BCUT2D eigenvalue weighted by Crippen LogP contribution is -2.56. The molecule has 0 spiro atoms. The third-order valence-corrected chi connectivity index (χ3v) is 13.4. The predicted molar refractivity (Wildman–Crippen MR) is 226 cm³/mol. The van der Waals surface area contributed by atoms with E-state index in [1.807, 2.05) is 48.5 Å². The Morgan fingerprint density at radius 1 is 0.446 bits per heavy atom. The van der Waals surface area contributed by atoms with Gasteiger partial charge in [-0.3, -0.25) is 0 Å². The molecule has 0 atom stereocenters. The number of hydrogen-bond donors (Lipinski definition) is 0. The Hall–Kier alpha value is -6.44. The van der Waals surface area contributed by atoms with Gasteiger partial charge in [-0.05, 0) is 106 Å². The zero-order valence-corrected chi connectivity index (χ0v) is 31.1. The van der Waals surface area contributed by atoms with E-state index in [9.17, 15) is 5.26 Å². The summed E-state index contributed by atoms with van der Waals surface area (Å²) in [6.07, 6.45) is 6.66. The summed E-state index contributed by atoms with van der Waals surface area (Å²) < 4.78 is 0. The zero-order chi connectivity index (χ0) is 37.2. The molecule has 0 N–H and O–H groups in total. The van der Waals surface area contributed by atoms with Crippen molar-refractivity contribution in [1.29, 1.82) is 5.26 Å². The van der Waals surface area contributed by atoms with Crippen LogP contribution in [0.4, 0.5) is 0 Å². The summed E-state index contributed by atoms with van der Waals surface area (Å²) in [6, 6.07) is 58.6. The van der Waals surface area contributed by atoms with Crippen LogP contribution in [0, 0.1) is 35.0 Å². The van der Waals surface area contributed by atoms with Crippen LogP contribution in [0.25, 0.3) is 66.8 Å². The lowest BCUT2D eigenvalue weighted by atomic mass is 9.42. The molecular weight excluding hydrogens is 681 g/mol. The van der Waals surface area contributed by atoms with Gasteiger partial charge in [0.25, 0.3) is 0 Å². The first-order valence-corrected chi connectivity index (χ1v) is 20.1. The highest BCUT2D eigenvalue weighted by Crippen LogP contribution is 2.65. The van der Waals surface area contributed by atoms with Crippen LogP contribution in [-0.4, -0.2) is 15.0 Å². The van der Waals surface area contributed by atoms with Crippen LogP contribution in [0.5, 0.6) is 0 Å². The van der Waals surface area contributed by atoms with Crippen LogP contribution < -0.4 is 0 Å². The minimum atomic E-state index is -0.0361. The van der Waals surface area contributed by atoms with Crippen molar-refractivity contribution in [1.82, 2.24) is 15.0 Å². The average molecular weight is 721 g/mol. The molecule has 4 saturated carbocycles. The van der Waals surface area contributed by atoms with Gasteiger partial charge in [0.1, 0.15) is 0 Å². The third-order valence-electron chi connectivity index (χ3n) is 13.4. The molecule has 268 valence electrons. The Morgan fingerprint density at radius 3 is 1.59 bits per heavy atom. The maximum atomic E-state index is 9.76. The monoisotopic (exact) mass is 720 g/mol. The number of nitrogens with zero attached hydrogens (tertiary/aromatic N) is 4. The number of benzene rings is 7. The summed E-state index contributed by atoms with van der Waals surface area (Å²) in [7, 11) is 0. The quantitative estimate of drug-likeness (QED) is 0.172. The van der Waals surface area contributed by atoms with Gasteiger partial charge < -0.3 is 0 Å². The molecule has 4 aliphatic rings.